The van der Waals surface area contributed by atoms with Gasteiger partial charge in [0.25, 0.3) is 0 Å². The number of aryl methyl sites for hydroxylation is 2. The quantitative estimate of drug-likeness (QED) is 0.261. The van der Waals surface area contributed by atoms with E-state index < -0.39 is 0 Å². The highest BCUT2D eigenvalue weighted by molar-refractivity contribution is 6.30. The Balaban J connectivity index is 1.60. The topological polar surface area (TPSA) is 33.4 Å². The summed E-state index contributed by atoms with van der Waals surface area (Å²) in [6.45, 7) is 5.76. The molecule has 0 amide bonds. The summed E-state index contributed by atoms with van der Waals surface area (Å²) in [4.78, 5) is 7.31. The van der Waals surface area contributed by atoms with Crippen molar-refractivity contribution in [3.05, 3.63) is 119 Å². The molecule has 0 saturated heterocycles. The number of hydrogen-bond acceptors (Lipinski definition) is 3. The van der Waals surface area contributed by atoms with Crippen molar-refractivity contribution < 1.29 is 0 Å². The van der Waals surface area contributed by atoms with Gasteiger partial charge in [-0.1, -0.05) is 84.4 Å². The van der Waals surface area contributed by atoms with E-state index in [2.05, 4.69) is 78.6 Å². The fraction of sp³-hybridized carbons (Fsp3) is 0.172. The minimum Gasteiger partial charge on any atom is -0.352 e. The van der Waals surface area contributed by atoms with Crippen molar-refractivity contribution >= 4 is 23.1 Å². The van der Waals surface area contributed by atoms with Gasteiger partial charge in [0, 0.05) is 35.4 Å². The molecule has 0 bridgehead atoms. The van der Waals surface area contributed by atoms with Crippen molar-refractivity contribution in [2.45, 2.75) is 26.8 Å². The molecule has 2 heterocycles. The van der Waals surface area contributed by atoms with Crippen LogP contribution in [0.4, 0.5) is 5.82 Å². The maximum Gasteiger partial charge on any atom is 0.165 e. The molecule has 5 rings (SSSR count). The van der Waals surface area contributed by atoms with Crippen molar-refractivity contribution in [1.29, 1.82) is 0 Å². The number of fused-ring (bicyclic) bond motifs is 1. The molecule has 0 spiro atoms. The fourth-order valence-corrected chi connectivity index (χ4v) is 4.52. The summed E-state index contributed by atoms with van der Waals surface area (Å²) in [6, 6.07) is 31.3. The van der Waals surface area contributed by atoms with Crippen molar-refractivity contribution in [3.8, 4) is 11.1 Å². The van der Waals surface area contributed by atoms with E-state index in [1.165, 1.54) is 11.1 Å². The average Bonchev–Trinajstić information content (AvgIpc) is 3.18. The Morgan fingerprint density at radius 3 is 2.15 bits per heavy atom. The Labute approximate surface area is 205 Å². The molecule has 0 aliphatic carbocycles. The van der Waals surface area contributed by atoms with E-state index in [-0.39, 0.29) is 0 Å². The van der Waals surface area contributed by atoms with Crippen molar-refractivity contribution in [2.24, 2.45) is 0 Å². The number of anilines is 1. The zero-order valence-corrected chi connectivity index (χ0v) is 20.2. The minimum absolute atomic E-state index is 0.720. The van der Waals surface area contributed by atoms with Crippen LogP contribution in [0.1, 0.15) is 22.5 Å². The molecule has 170 valence electrons. The van der Waals surface area contributed by atoms with Gasteiger partial charge in [-0.3, -0.25) is 0 Å². The molecule has 0 saturated carbocycles. The van der Waals surface area contributed by atoms with Gasteiger partial charge >= 0.3 is 0 Å². The van der Waals surface area contributed by atoms with Crippen LogP contribution in [0.15, 0.2) is 91.0 Å². The molecule has 0 radical (unpaired) electrons. The van der Waals surface area contributed by atoms with Crippen LogP contribution >= 0.6 is 11.6 Å². The molecular weight excluding hydrogens is 440 g/mol. The van der Waals surface area contributed by atoms with Gasteiger partial charge in [0.15, 0.2) is 5.65 Å². The number of nitrogens with zero attached hydrogens (tertiary/aromatic N) is 4. The van der Waals surface area contributed by atoms with E-state index in [0.29, 0.717) is 0 Å². The van der Waals surface area contributed by atoms with Gasteiger partial charge in [-0.15, -0.1) is 0 Å². The molecule has 0 unspecified atom stereocenters. The second-order valence-corrected chi connectivity index (χ2v) is 9.04. The summed E-state index contributed by atoms with van der Waals surface area (Å²) in [6.07, 6.45) is 0.945. The van der Waals surface area contributed by atoms with Gasteiger partial charge in [-0.05, 0) is 49.1 Å². The summed E-state index contributed by atoms with van der Waals surface area (Å²) in [5.41, 5.74) is 7.48. The molecule has 2 aromatic heterocycles. The normalized spacial score (nSPS) is 11.1. The largest absolute Gasteiger partial charge is 0.352 e. The zero-order valence-electron chi connectivity index (χ0n) is 19.4. The first kappa shape index (κ1) is 22.2. The predicted molar refractivity (Wildman–Crippen MR) is 141 cm³/mol. The Bertz CT molecular complexity index is 1390. The Kier molecular flexibility index (Phi) is 6.33. The van der Waals surface area contributed by atoms with Gasteiger partial charge in [-0.25, -0.2) is 4.98 Å². The second kappa shape index (κ2) is 9.70. The molecule has 4 nitrogen and oxygen atoms in total. The molecule has 5 heteroatoms. The van der Waals surface area contributed by atoms with Crippen molar-refractivity contribution in [3.63, 3.8) is 0 Å². The summed E-state index contributed by atoms with van der Waals surface area (Å²) >= 11 is 6.14. The molecular formula is C29H27ClN4. The van der Waals surface area contributed by atoms with E-state index >= 15 is 0 Å². The van der Waals surface area contributed by atoms with Crippen LogP contribution in [-0.2, 0) is 13.0 Å². The van der Waals surface area contributed by atoms with E-state index in [0.717, 1.165) is 58.5 Å². The number of halogens is 1. The monoisotopic (exact) mass is 466 g/mol. The molecule has 0 aliphatic heterocycles. The third-order valence-corrected chi connectivity index (χ3v) is 6.31. The maximum atomic E-state index is 6.14. The lowest BCUT2D eigenvalue weighted by atomic mass is 10.1. The van der Waals surface area contributed by atoms with Gasteiger partial charge in [0.1, 0.15) is 5.82 Å². The SMILES string of the molecule is Cc1cc(N(CCc2ccccc2)Cc2ccccc2)n2nc(C)c(-c3ccc(Cl)cc3)c2n1. The van der Waals surface area contributed by atoms with E-state index in [4.69, 9.17) is 21.7 Å². The summed E-state index contributed by atoms with van der Waals surface area (Å²) in [5, 5.41) is 5.67. The minimum atomic E-state index is 0.720. The standard InChI is InChI=1S/C29H27ClN4/c1-21-19-27(34-29(31-21)28(22(2)32-34)25-13-15-26(30)16-14-25)33(20-24-11-7-4-8-12-24)18-17-23-9-5-3-6-10-23/h3-16,19H,17-18,20H2,1-2H3. The Morgan fingerprint density at radius 2 is 1.47 bits per heavy atom. The number of hydrogen-bond donors (Lipinski definition) is 0. The van der Waals surface area contributed by atoms with Gasteiger partial charge < -0.3 is 4.90 Å². The summed E-state index contributed by atoms with van der Waals surface area (Å²) in [5.74, 6) is 1.05. The van der Waals surface area contributed by atoms with Crippen LogP contribution in [0.2, 0.25) is 5.02 Å². The van der Waals surface area contributed by atoms with E-state index in [9.17, 15) is 0 Å². The predicted octanol–water partition coefficient (Wildman–Crippen LogP) is 6.92. The molecule has 3 aromatic carbocycles. The Hall–Kier alpha value is -3.63. The van der Waals surface area contributed by atoms with Gasteiger partial charge in [0.2, 0.25) is 0 Å². The van der Waals surface area contributed by atoms with Crippen LogP contribution in [0.5, 0.6) is 0 Å². The van der Waals surface area contributed by atoms with Crippen LogP contribution in [0, 0.1) is 13.8 Å². The van der Waals surface area contributed by atoms with Gasteiger partial charge in [-0.2, -0.15) is 9.61 Å². The van der Waals surface area contributed by atoms with Crippen molar-refractivity contribution in [2.75, 3.05) is 11.4 Å². The first-order chi connectivity index (χ1) is 16.6. The van der Waals surface area contributed by atoms with Crippen molar-refractivity contribution in [1.82, 2.24) is 14.6 Å². The zero-order chi connectivity index (χ0) is 23.5. The van der Waals surface area contributed by atoms with E-state index in [1.54, 1.807) is 0 Å². The maximum absolute atomic E-state index is 6.14. The molecule has 34 heavy (non-hydrogen) atoms. The lowest BCUT2D eigenvalue weighted by Gasteiger charge is -2.26. The fourth-order valence-electron chi connectivity index (χ4n) is 4.39. The smallest absolute Gasteiger partial charge is 0.165 e. The number of benzene rings is 3. The van der Waals surface area contributed by atoms with Crippen LogP contribution in [0.3, 0.4) is 0 Å². The molecule has 0 fully saturated rings. The lowest BCUT2D eigenvalue weighted by Crippen LogP contribution is -2.28. The Morgan fingerprint density at radius 1 is 0.824 bits per heavy atom. The first-order valence-electron chi connectivity index (χ1n) is 11.5. The second-order valence-electron chi connectivity index (χ2n) is 8.60. The molecule has 0 N–H and O–H groups in total. The summed E-state index contributed by atoms with van der Waals surface area (Å²) < 4.78 is 2.00. The van der Waals surface area contributed by atoms with Gasteiger partial charge in [0.05, 0.1) is 5.69 Å². The van der Waals surface area contributed by atoms with Crippen LogP contribution < -0.4 is 4.90 Å². The number of rotatable bonds is 7. The first-order valence-corrected chi connectivity index (χ1v) is 11.9. The highest BCUT2D eigenvalue weighted by atomic mass is 35.5. The molecule has 0 aliphatic rings. The lowest BCUT2D eigenvalue weighted by molar-refractivity contribution is 0.738. The van der Waals surface area contributed by atoms with E-state index in [1.807, 2.05) is 35.7 Å². The molecule has 5 aromatic rings. The number of aromatic nitrogens is 3. The third kappa shape index (κ3) is 4.68. The van der Waals surface area contributed by atoms with Crippen LogP contribution in [0.25, 0.3) is 16.8 Å². The average molecular weight is 467 g/mol. The third-order valence-electron chi connectivity index (χ3n) is 6.06. The summed E-state index contributed by atoms with van der Waals surface area (Å²) in [7, 11) is 0. The highest BCUT2D eigenvalue weighted by Crippen LogP contribution is 2.31. The molecule has 0 atom stereocenters. The van der Waals surface area contributed by atoms with Crippen LogP contribution in [-0.4, -0.2) is 21.1 Å². The highest BCUT2D eigenvalue weighted by Gasteiger charge is 2.19.